The van der Waals surface area contributed by atoms with E-state index in [-0.39, 0.29) is 9.77 Å². The topological polar surface area (TPSA) is 81.1 Å². The maximum Gasteiger partial charge on any atom is 0.273 e. The number of hydrogen-bond donors (Lipinski definition) is 1. The van der Waals surface area contributed by atoms with E-state index < -0.39 is 15.9 Å². The lowest BCUT2D eigenvalue weighted by Crippen LogP contribution is -2.30. The van der Waals surface area contributed by atoms with Crippen molar-refractivity contribution in [2.45, 2.75) is 18.1 Å². The molecule has 0 aliphatic rings. The van der Waals surface area contributed by atoms with Crippen molar-refractivity contribution in [3.8, 4) is 5.69 Å². The molecule has 8 heteroatoms. The number of carbonyl (C=O) groups is 1. The van der Waals surface area contributed by atoms with Gasteiger partial charge in [-0.1, -0.05) is 24.3 Å². The van der Waals surface area contributed by atoms with Gasteiger partial charge in [0, 0.05) is 0 Å². The Morgan fingerprint density at radius 1 is 1.17 bits per heavy atom. The van der Waals surface area contributed by atoms with Gasteiger partial charge < -0.3 is 0 Å². The molecule has 0 aliphatic carbocycles. The van der Waals surface area contributed by atoms with E-state index in [0.29, 0.717) is 5.69 Å². The van der Waals surface area contributed by atoms with Gasteiger partial charge in [0.05, 0.1) is 23.1 Å². The van der Waals surface area contributed by atoms with Gasteiger partial charge in [-0.15, -0.1) is 11.3 Å². The fourth-order valence-corrected chi connectivity index (χ4v) is 4.28. The van der Waals surface area contributed by atoms with Crippen molar-refractivity contribution in [3.05, 3.63) is 64.8 Å². The van der Waals surface area contributed by atoms with Crippen molar-refractivity contribution in [3.63, 3.8) is 0 Å². The molecule has 1 aromatic carbocycles. The van der Waals surface area contributed by atoms with Crippen LogP contribution in [0, 0.1) is 13.8 Å². The van der Waals surface area contributed by atoms with Crippen LogP contribution >= 0.6 is 11.3 Å². The SMILES string of the molecule is Cc1ccccc1-n1ncc(C(=O)NS(=O)(=O)c2cccs2)c1C. The Balaban J connectivity index is 1.92. The molecule has 0 saturated heterocycles. The Bertz CT molecular complexity index is 990. The average molecular weight is 361 g/mol. The molecule has 1 amide bonds. The van der Waals surface area contributed by atoms with E-state index in [4.69, 9.17) is 0 Å². The molecule has 0 aliphatic heterocycles. The van der Waals surface area contributed by atoms with Gasteiger partial charge in [-0.25, -0.2) is 17.8 Å². The molecule has 0 spiro atoms. The van der Waals surface area contributed by atoms with E-state index in [1.165, 1.54) is 12.3 Å². The van der Waals surface area contributed by atoms with Crippen LogP contribution in [0.15, 0.2) is 52.2 Å². The van der Waals surface area contributed by atoms with E-state index in [2.05, 4.69) is 9.82 Å². The number of sulfonamides is 1. The molecule has 0 bridgehead atoms. The zero-order valence-electron chi connectivity index (χ0n) is 13.1. The second kappa shape index (κ2) is 6.21. The first-order chi connectivity index (χ1) is 11.4. The van der Waals surface area contributed by atoms with Crippen LogP contribution in [0.3, 0.4) is 0 Å². The molecule has 1 N–H and O–H groups in total. The number of aryl methyl sites for hydroxylation is 1. The van der Waals surface area contributed by atoms with Crippen molar-refractivity contribution in [2.24, 2.45) is 0 Å². The maximum atomic E-state index is 12.4. The number of amides is 1. The molecular formula is C16H15N3O3S2. The zero-order chi connectivity index (χ0) is 17.3. The van der Waals surface area contributed by atoms with Crippen molar-refractivity contribution in [1.82, 2.24) is 14.5 Å². The molecule has 0 atom stereocenters. The van der Waals surface area contributed by atoms with E-state index in [0.717, 1.165) is 22.6 Å². The van der Waals surface area contributed by atoms with Crippen molar-refractivity contribution >= 4 is 27.3 Å². The number of rotatable bonds is 4. The third-order valence-electron chi connectivity index (χ3n) is 3.59. The standard InChI is InChI=1S/C16H15N3O3S2/c1-11-6-3-4-7-14(11)19-12(2)13(10-17-19)16(20)18-24(21,22)15-8-5-9-23-15/h3-10H,1-2H3,(H,18,20). The second-order valence-corrected chi connectivity index (χ2v) is 8.07. The largest absolute Gasteiger partial charge is 0.273 e. The van der Waals surface area contributed by atoms with Crippen LogP contribution in [-0.2, 0) is 10.0 Å². The number of benzene rings is 1. The molecule has 0 fully saturated rings. The molecule has 24 heavy (non-hydrogen) atoms. The van der Waals surface area contributed by atoms with Crippen LogP contribution in [0.25, 0.3) is 5.69 Å². The smallest absolute Gasteiger partial charge is 0.268 e. The first-order valence-corrected chi connectivity index (χ1v) is 9.48. The van der Waals surface area contributed by atoms with Crippen LogP contribution in [0.1, 0.15) is 21.6 Å². The molecule has 0 saturated carbocycles. The van der Waals surface area contributed by atoms with E-state index in [9.17, 15) is 13.2 Å². The van der Waals surface area contributed by atoms with Gasteiger partial charge in [0.15, 0.2) is 0 Å². The molecule has 2 aromatic heterocycles. The Kier molecular flexibility index (Phi) is 4.25. The highest BCUT2D eigenvalue weighted by Gasteiger charge is 2.23. The van der Waals surface area contributed by atoms with Crippen LogP contribution in [0.4, 0.5) is 0 Å². The summed E-state index contributed by atoms with van der Waals surface area (Å²) in [4.78, 5) is 12.4. The Morgan fingerprint density at radius 2 is 1.92 bits per heavy atom. The van der Waals surface area contributed by atoms with Crippen LogP contribution < -0.4 is 4.72 Å². The van der Waals surface area contributed by atoms with Crippen molar-refractivity contribution in [1.29, 1.82) is 0 Å². The minimum absolute atomic E-state index is 0.0970. The summed E-state index contributed by atoms with van der Waals surface area (Å²) in [5.74, 6) is -0.694. The van der Waals surface area contributed by atoms with Gasteiger partial charge in [-0.05, 0) is 36.9 Å². The van der Waals surface area contributed by atoms with Gasteiger partial charge in [-0.2, -0.15) is 5.10 Å². The highest BCUT2D eigenvalue weighted by atomic mass is 32.2. The minimum Gasteiger partial charge on any atom is -0.268 e. The Labute approximate surface area is 143 Å². The first-order valence-electron chi connectivity index (χ1n) is 7.11. The van der Waals surface area contributed by atoms with Gasteiger partial charge in [0.25, 0.3) is 15.9 Å². The number of aromatic nitrogens is 2. The number of hydrogen-bond acceptors (Lipinski definition) is 5. The molecule has 3 aromatic rings. The highest BCUT2D eigenvalue weighted by molar-refractivity contribution is 7.92. The first kappa shape index (κ1) is 16.4. The number of thiophene rings is 1. The van der Waals surface area contributed by atoms with Gasteiger partial charge in [-0.3, -0.25) is 4.79 Å². The lowest BCUT2D eigenvalue weighted by molar-refractivity contribution is 0.0981. The van der Waals surface area contributed by atoms with Crippen LogP contribution in [-0.4, -0.2) is 24.1 Å². The molecule has 6 nitrogen and oxygen atoms in total. The monoisotopic (exact) mass is 361 g/mol. The summed E-state index contributed by atoms with van der Waals surface area (Å²) in [6, 6.07) is 10.7. The molecule has 0 radical (unpaired) electrons. The summed E-state index contributed by atoms with van der Waals surface area (Å²) in [5, 5.41) is 5.86. The number of para-hydroxylation sites is 1. The second-order valence-electron chi connectivity index (χ2n) is 5.21. The highest BCUT2D eigenvalue weighted by Crippen LogP contribution is 2.19. The van der Waals surface area contributed by atoms with Crippen LogP contribution in [0.5, 0.6) is 0 Å². The lowest BCUT2D eigenvalue weighted by atomic mass is 10.2. The maximum absolute atomic E-state index is 12.4. The summed E-state index contributed by atoms with van der Waals surface area (Å²) in [6.07, 6.45) is 1.38. The van der Waals surface area contributed by atoms with E-state index >= 15 is 0 Å². The van der Waals surface area contributed by atoms with Gasteiger partial charge in [0.1, 0.15) is 4.21 Å². The Hall–Kier alpha value is -2.45. The normalized spacial score (nSPS) is 11.4. The fraction of sp³-hybridized carbons (Fsp3) is 0.125. The fourth-order valence-electron chi connectivity index (χ4n) is 2.32. The summed E-state index contributed by atoms with van der Waals surface area (Å²) in [7, 11) is -3.86. The number of nitrogens with one attached hydrogen (secondary N) is 1. The summed E-state index contributed by atoms with van der Waals surface area (Å²) < 4.78 is 28.2. The number of carbonyl (C=O) groups excluding carboxylic acids is 1. The average Bonchev–Trinajstić information content (AvgIpc) is 3.17. The van der Waals surface area contributed by atoms with Crippen molar-refractivity contribution in [2.75, 3.05) is 0 Å². The van der Waals surface area contributed by atoms with Gasteiger partial charge >= 0.3 is 0 Å². The minimum atomic E-state index is -3.86. The van der Waals surface area contributed by atoms with Gasteiger partial charge in [0.2, 0.25) is 0 Å². The van der Waals surface area contributed by atoms with E-state index in [1.807, 2.05) is 31.2 Å². The van der Waals surface area contributed by atoms with E-state index in [1.54, 1.807) is 23.1 Å². The summed E-state index contributed by atoms with van der Waals surface area (Å²) in [5.41, 5.74) is 2.64. The molecule has 0 unspecified atom stereocenters. The summed E-state index contributed by atoms with van der Waals surface area (Å²) >= 11 is 1.05. The Morgan fingerprint density at radius 3 is 2.58 bits per heavy atom. The van der Waals surface area contributed by atoms with Crippen LogP contribution in [0.2, 0.25) is 0 Å². The van der Waals surface area contributed by atoms with Crippen molar-refractivity contribution < 1.29 is 13.2 Å². The molecule has 124 valence electrons. The third-order valence-corrected chi connectivity index (χ3v) is 6.31. The predicted molar refractivity (Wildman–Crippen MR) is 92.0 cm³/mol. The molecule has 2 heterocycles. The predicted octanol–water partition coefficient (Wildman–Crippen LogP) is 2.67. The zero-order valence-corrected chi connectivity index (χ0v) is 14.7. The number of nitrogens with zero attached hydrogens (tertiary/aromatic N) is 2. The summed E-state index contributed by atoms with van der Waals surface area (Å²) in [6.45, 7) is 3.67. The molecule has 3 rings (SSSR count). The third kappa shape index (κ3) is 2.98. The quantitative estimate of drug-likeness (QED) is 0.775. The molecular weight excluding hydrogens is 346 g/mol. The lowest BCUT2D eigenvalue weighted by Gasteiger charge is -2.08.